The third-order valence-electron chi connectivity index (χ3n) is 1.91. The monoisotopic (exact) mass is 207 g/mol. The van der Waals surface area contributed by atoms with Gasteiger partial charge in [-0.1, -0.05) is 39.8 Å². The Morgan fingerprint density at radius 1 is 1.29 bits per heavy atom. The van der Waals surface area contributed by atoms with Crippen LogP contribution in [0.25, 0.3) is 12.2 Å². The van der Waals surface area contributed by atoms with Crippen LogP contribution in [0.2, 0.25) is 0 Å². The number of thiazole rings is 1. The smallest absolute Gasteiger partial charge is 0.0805 e. The predicted octanol–water partition coefficient (Wildman–Crippen LogP) is 2.33. The zero-order valence-corrected chi connectivity index (χ0v) is 10.1. The molecule has 0 fully saturated rings. The van der Waals surface area contributed by atoms with E-state index in [-0.39, 0.29) is 5.41 Å². The summed E-state index contributed by atoms with van der Waals surface area (Å²) in [6.45, 7) is 8.37. The molecule has 0 saturated carbocycles. The number of hydrogen-bond donors (Lipinski definition) is 0. The van der Waals surface area contributed by atoms with E-state index in [2.05, 4.69) is 43.1 Å². The molecule has 0 atom stereocenters. The molecule has 0 bridgehead atoms. The van der Waals surface area contributed by atoms with Crippen molar-refractivity contribution >= 4 is 23.5 Å². The van der Waals surface area contributed by atoms with Crippen LogP contribution in [0.4, 0.5) is 0 Å². The number of aromatic nitrogens is 1. The van der Waals surface area contributed by atoms with E-state index in [4.69, 9.17) is 0 Å². The molecule has 0 unspecified atom stereocenters. The Morgan fingerprint density at radius 3 is 2.71 bits per heavy atom. The Morgan fingerprint density at radius 2 is 2.00 bits per heavy atom. The molecule has 1 heterocycles. The molecule has 1 aromatic heterocycles. The van der Waals surface area contributed by atoms with Gasteiger partial charge in [-0.2, -0.15) is 0 Å². The fourth-order valence-electron chi connectivity index (χ4n) is 1.28. The van der Waals surface area contributed by atoms with Crippen molar-refractivity contribution in [2.75, 3.05) is 0 Å². The maximum absolute atomic E-state index is 4.30. The highest BCUT2D eigenvalue weighted by molar-refractivity contribution is 7.07. The highest BCUT2D eigenvalue weighted by Crippen LogP contribution is 2.19. The van der Waals surface area contributed by atoms with E-state index < -0.39 is 0 Å². The van der Waals surface area contributed by atoms with Crippen LogP contribution in [0.3, 0.4) is 0 Å². The highest BCUT2D eigenvalue weighted by Gasteiger charge is 2.10. The lowest BCUT2D eigenvalue weighted by molar-refractivity contribution is 0.669. The lowest BCUT2D eigenvalue weighted by Gasteiger charge is -2.11. The van der Waals surface area contributed by atoms with E-state index in [0.717, 1.165) is 5.35 Å². The van der Waals surface area contributed by atoms with Gasteiger partial charge in [-0.25, -0.2) is 4.98 Å². The minimum atomic E-state index is 0.135. The molecule has 0 aliphatic heterocycles. The van der Waals surface area contributed by atoms with Crippen LogP contribution in [-0.4, -0.2) is 4.98 Å². The molecule has 0 radical (unpaired) electrons. The number of allylic oxidation sites excluding steroid dienone is 2. The fraction of sp³-hybridized carbons (Fsp3) is 0.417. The van der Waals surface area contributed by atoms with E-state index in [1.165, 1.54) is 4.53 Å². The second-order valence-corrected chi connectivity index (χ2v) is 4.48. The number of nitrogens with zero attached hydrogens (tertiary/aromatic N) is 1. The van der Waals surface area contributed by atoms with E-state index in [0.29, 0.717) is 0 Å². The highest BCUT2D eigenvalue weighted by atomic mass is 32.1. The Bertz CT molecular complexity index is 423. The largest absolute Gasteiger partial charge is 0.245 e. The Labute approximate surface area is 89.5 Å². The molecule has 0 aromatic carbocycles. The fourth-order valence-corrected chi connectivity index (χ4v) is 1.95. The summed E-state index contributed by atoms with van der Waals surface area (Å²) in [5, 5.41) is 1.12. The molecule has 2 rings (SSSR count). The van der Waals surface area contributed by atoms with Crippen LogP contribution in [0.5, 0.6) is 0 Å². The maximum Gasteiger partial charge on any atom is 0.0805 e. The first-order chi connectivity index (χ1) is 6.67. The number of fused-ring (bicyclic) bond motifs is 1. The van der Waals surface area contributed by atoms with Crippen molar-refractivity contribution in [2.45, 2.75) is 27.7 Å². The van der Waals surface area contributed by atoms with Crippen molar-refractivity contribution in [1.29, 1.82) is 0 Å². The van der Waals surface area contributed by atoms with Crippen molar-refractivity contribution in [3.63, 3.8) is 0 Å². The predicted molar refractivity (Wildman–Crippen MR) is 64.6 cm³/mol. The second kappa shape index (κ2) is 4.56. The Balaban J connectivity index is 0.000000461. The van der Waals surface area contributed by atoms with Crippen molar-refractivity contribution in [1.82, 2.24) is 4.98 Å². The molecule has 1 aromatic rings. The van der Waals surface area contributed by atoms with E-state index in [9.17, 15) is 0 Å². The Kier molecular flexibility index (Phi) is 3.64. The summed E-state index contributed by atoms with van der Waals surface area (Å²) in [7, 11) is 0. The zero-order valence-electron chi connectivity index (χ0n) is 9.24. The van der Waals surface area contributed by atoms with Gasteiger partial charge >= 0.3 is 0 Å². The van der Waals surface area contributed by atoms with E-state index in [1.54, 1.807) is 11.3 Å². The molecule has 1 nitrogen and oxygen atoms in total. The SMILES string of the molecule is CC.CC1(C)C=CC=c2scnc2=C1. The van der Waals surface area contributed by atoms with Gasteiger partial charge in [-0.05, 0) is 12.2 Å². The van der Waals surface area contributed by atoms with Crippen LogP contribution >= 0.6 is 11.3 Å². The van der Waals surface area contributed by atoms with Crippen LogP contribution < -0.4 is 9.88 Å². The van der Waals surface area contributed by atoms with Crippen LogP contribution in [-0.2, 0) is 0 Å². The van der Waals surface area contributed by atoms with Gasteiger partial charge in [-0.3, -0.25) is 0 Å². The van der Waals surface area contributed by atoms with Gasteiger partial charge in [0.2, 0.25) is 0 Å². The summed E-state index contributed by atoms with van der Waals surface area (Å²) in [5.41, 5.74) is 2.03. The van der Waals surface area contributed by atoms with Gasteiger partial charge in [0.15, 0.2) is 0 Å². The molecule has 1 aliphatic rings. The average molecular weight is 207 g/mol. The molecular formula is C12H17NS. The third-order valence-corrected chi connectivity index (χ3v) is 2.72. The molecule has 2 heteroatoms. The summed E-state index contributed by atoms with van der Waals surface area (Å²) in [4.78, 5) is 4.30. The van der Waals surface area contributed by atoms with E-state index >= 15 is 0 Å². The minimum absolute atomic E-state index is 0.135. The van der Waals surface area contributed by atoms with Crippen molar-refractivity contribution in [3.05, 3.63) is 27.5 Å². The summed E-state index contributed by atoms with van der Waals surface area (Å²) in [6.07, 6.45) is 8.64. The van der Waals surface area contributed by atoms with Gasteiger partial charge in [0.05, 0.1) is 15.4 Å². The lowest BCUT2D eigenvalue weighted by Crippen LogP contribution is -2.22. The minimum Gasteiger partial charge on any atom is -0.245 e. The van der Waals surface area contributed by atoms with Crippen molar-refractivity contribution < 1.29 is 0 Å². The van der Waals surface area contributed by atoms with E-state index in [1.807, 2.05) is 19.4 Å². The molecular weight excluding hydrogens is 190 g/mol. The molecule has 0 spiro atoms. The standard InChI is InChI=1S/C10H11NS.C2H6/c1-10(2)5-3-4-9-8(6-10)11-7-12-9;1-2/h3-7H,1-2H3;1-2H3. The average Bonchev–Trinajstić information content (AvgIpc) is 2.50. The zero-order chi connectivity index (χ0) is 10.6. The maximum atomic E-state index is 4.30. The van der Waals surface area contributed by atoms with Crippen LogP contribution in [0.15, 0.2) is 17.7 Å². The van der Waals surface area contributed by atoms with Gasteiger partial charge in [0.25, 0.3) is 0 Å². The topological polar surface area (TPSA) is 12.9 Å². The summed E-state index contributed by atoms with van der Waals surface area (Å²) < 4.78 is 1.26. The third kappa shape index (κ3) is 2.55. The van der Waals surface area contributed by atoms with Crippen LogP contribution in [0.1, 0.15) is 27.7 Å². The first kappa shape index (κ1) is 11.2. The second-order valence-electron chi connectivity index (χ2n) is 3.59. The summed E-state index contributed by atoms with van der Waals surface area (Å²) in [6, 6.07) is 0. The number of hydrogen-bond acceptors (Lipinski definition) is 2. The van der Waals surface area contributed by atoms with Gasteiger partial charge in [0.1, 0.15) is 0 Å². The Hall–Kier alpha value is -0.890. The molecule has 76 valence electrons. The van der Waals surface area contributed by atoms with Crippen molar-refractivity contribution in [2.24, 2.45) is 5.41 Å². The van der Waals surface area contributed by atoms with Crippen LogP contribution in [0, 0.1) is 5.41 Å². The lowest BCUT2D eigenvalue weighted by atomic mass is 9.93. The molecule has 0 N–H and O–H groups in total. The number of rotatable bonds is 0. The van der Waals surface area contributed by atoms with Gasteiger partial charge in [-0.15, -0.1) is 11.3 Å². The summed E-state index contributed by atoms with van der Waals surface area (Å²) >= 11 is 1.69. The van der Waals surface area contributed by atoms with Gasteiger partial charge < -0.3 is 0 Å². The first-order valence-electron chi connectivity index (χ1n) is 4.99. The van der Waals surface area contributed by atoms with Gasteiger partial charge in [0, 0.05) is 5.41 Å². The molecule has 0 amide bonds. The molecule has 14 heavy (non-hydrogen) atoms. The summed E-state index contributed by atoms with van der Waals surface area (Å²) in [5.74, 6) is 0. The molecule has 1 aliphatic carbocycles. The van der Waals surface area contributed by atoms with Crippen molar-refractivity contribution in [3.8, 4) is 0 Å². The molecule has 0 saturated heterocycles. The first-order valence-corrected chi connectivity index (χ1v) is 5.87. The quantitative estimate of drug-likeness (QED) is 0.636. The normalized spacial score (nSPS) is 16.6.